The second kappa shape index (κ2) is 6.93. The van der Waals surface area contributed by atoms with Crippen LogP contribution in [0.5, 0.6) is 0 Å². The maximum absolute atomic E-state index is 13.7. The van der Waals surface area contributed by atoms with E-state index in [-0.39, 0.29) is 30.8 Å². The molecule has 2 heterocycles. The Kier molecular flexibility index (Phi) is 4.57. The van der Waals surface area contributed by atoms with Gasteiger partial charge in [-0.1, -0.05) is 42.0 Å². The van der Waals surface area contributed by atoms with E-state index in [1.165, 1.54) is 4.90 Å². The fraction of sp³-hybridized carbons (Fsp3) is 0.409. The van der Waals surface area contributed by atoms with Gasteiger partial charge in [-0.3, -0.25) is 9.59 Å². The lowest BCUT2D eigenvalue weighted by atomic mass is 9.62. The van der Waals surface area contributed by atoms with Crippen LogP contribution in [0.1, 0.15) is 43.4 Å². The van der Waals surface area contributed by atoms with Gasteiger partial charge in [-0.2, -0.15) is 0 Å². The molecule has 2 aliphatic heterocycles. The molecule has 1 aromatic carbocycles. The highest BCUT2D eigenvalue weighted by Gasteiger charge is 2.64. The zero-order chi connectivity index (χ0) is 19.9. The minimum absolute atomic E-state index is 0.0728. The number of likely N-dealkylation sites (tertiary alicyclic amines) is 1. The monoisotopic (exact) mass is 380 g/mol. The van der Waals surface area contributed by atoms with E-state index in [0.717, 1.165) is 11.1 Å². The first kappa shape index (κ1) is 18.5. The molecular formula is C22H24N2O4. The number of piperidine rings is 1. The van der Waals surface area contributed by atoms with Crippen LogP contribution in [0, 0.1) is 18.3 Å². The number of ether oxygens (including phenoxy) is 1. The number of nitrogens with one attached hydrogen (secondary N) is 1. The minimum atomic E-state index is -0.898. The fourth-order valence-corrected chi connectivity index (χ4v) is 4.84. The lowest BCUT2D eigenvalue weighted by Crippen LogP contribution is -2.53. The van der Waals surface area contributed by atoms with Gasteiger partial charge in [0, 0.05) is 18.0 Å². The molecule has 3 unspecified atom stereocenters. The van der Waals surface area contributed by atoms with E-state index in [1.54, 1.807) is 6.92 Å². The van der Waals surface area contributed by atoms with Crippen molar-refractivity contribution in [1.82, 2.24) is 10.2 Å². The number of amides is 3. The Bertz CT molecular complexity index is 904. The average molecular weight is 380 g/mol. The molecule has 28 heavy (non-hydrogen) atoms. The van der Waals surface area contributed by atoms with Crippen LogP contribution in [0.3, 0.4) is 0 Å². The van der Waals surface area contributed by atoms with Crippen LogP contribution in [-0.4, -0.2) is 29.4 Å². The van der Waals surface area contributed by atoms with Gasteiger partial charge in [0.15, 0.2) is 0 Å². The summed E-state index contributed by atoms with van der Waals surface area (Å²) in [6, 6.07) is 7.37. The van der Waals surface area contributed by atoms with Crippen molar-refractivity contribution >= 4 is 17.9 Å². The Morgan fingerprint density at radius 3 is 2.93 bits per heavy atom. The summed E-state index contributed by atoms with van der Waals surface area (Å²) in [4.78, 5) is 39.9. The van der Waals surface area contributed by atoms with Crippen LogP contribution < -0.4 is 5.32 Å². The summed E-state index contributed by atoms with van der Waals surface area (Å²) in [5.74, 6) is -0.533. The molecule has 2 fully saturated rings. The summed E-state index contributed by atoms with van der Waals surface area (Å²) < 4.78 is 5.17. The van der Waals surface area contributed by atoms with E-state index < -0.39 is 17.6 Å². The first-order chi connectivity index (χ1) is 13.5. The number of hydrogen-bond donors (Lipinski definition) is 1. The number of nitrogens with zero attached hydrogens (tertiary/aromatic N) is 1. The Morgan fingerprint density at radius 2 is 2.18 bits per heavy atom. The summed E-state index contributed by atoms with van der Waals surface area (Å²) in [6.07, 6.45) is 6.37. The Labute approximate surface area is 164 Å². The summed E-state index contributed by atoms with van der Waals surface area (Å²) in [6.45, 7) is 3.90. The van der Waals surface area contributed by atoms with E-state index in [4.69, 9.17) is 4.74 Å². The maximum Gasteiger partial charge on any atom is 0.420 e. The molecule has 3 atom stereocenters. The SMILES string of the molecule is CCOC(=O)N1C(=O)C2(CCC(=O)NC2c2cccc(C)c2)C2CC=CC=C21. The summed E-state index contributed by atoms with van der Waals surface area (Å²) >= 11 is 0. The van der Waals surface area contributed by atoms with E-state index >= 15 is 0 Å². The maximum atomic E-state index is 13.7. The molecule has 6 heteroatoms. The molecule has 0 saturated carbocycles. The molecule has 6 nitrogen and oxygen atoms in total. The molecule has 3 aliphatic rings. The van der Waals surface area contributed by atoms with Gasteiger partial charge in [-0.25, -0.2) is 9.69 Å². The van der Waals surface area contributed by atoms with Crippen molar-refractivity contribution in [2.24, 2.45) is 11.3 Å². The summed E-state index contributed by atoms with van der Waals surface area (Å²) in [7, 11) is 0. The lowest BCUT2D eigenvalue weighted by molar-refractivity contribution is -0.142. The zero-order valence-corrected chi connectivity index (χ0v) is 16.1. The molecular weight excluding hydrogens is 356 g/mol. The van der Waals surface area contributed by atoms with E-state index in [2.05, 4.69) is 5.32 Å². The van der Waals surface area contributed by atoms with Crippen LogP contribution in [0.15, 0.2) is 48.2 Å². The van der Waals surface area contributed by atoms with Crippen molar-refractivity contribution in [2.45, 2.75) is 39.2 Å². The first-order valence-corrected chi connectivity index (χ1v) is 9.73. The highest BCUT2D eigenvalue weighted by molar-refractivity contribution is 6.02. The normalized spacial score (nSPS) is 28.8. The second-order valence-corrected chi connectivity index (χ2v) is 7.60. The standard InChI is InChI=1S/C22H24N2O4/c1-3-28-21(27)24-17-10-5-4-9-16(17)22(20(24)26)12-11-18(25)23-19(22)15-8-6-7-14(2)13-15/h4-8,10,13,16,19H,3,9,11-12H2,1-2H3,(H,23,25). The smallest absolute Gasteiger partial charge is 0.420 e. The molecule has 1 aliphatic carbocycles. The van der Waals surface area contributed by atoms with Gasteiger partial charge in [0.05, 0.1) is 18.1 Å². The van der Waals surface area contributed by atoms with E-state index in [9.17, 15) is 14.4 Å². The number of imide groups is 1. The Hall–Kier alpha value is -2.89. The van der Waals surface area contributed by atoms with Gasteiger partial charge in [-0.15, -0.1) is 0 Å². The van der Waals surface area contributed by atoms with E-state index in [0.29, 0.717) is 18.5 Å². The van der Waals surface area contributed by atoms with Crippen LogP contribution in [0.2, 0.25) is 0 Å². The summed E-state index contributed by atoms with van der Waals surface area (Å²) in [5.41, 5.74) is 1.71. The Morgan fingerprint density at radius 1 is 1.36 bits per heavy atom. The molecule has 146 valence electrons. The molecule has 1 aromatic rings. The van der Waals surface area contributed by atoms with Gasteiger partial charge in [0.25, 0.3) is 0 Å². The van der Waals surface area contributed by atoms with Gasteiger partial charge in [-0.05, 0) is 38.3 Å². The van der Waals surface area contributed by atoms with Crippen LogP contribution in [0.25, 0.3) is 0 Å². The number of aryl methyl sites for hydroxylation is 1. The predicted molar refractivity (Wildman–Crippen MR) is 103 cm³/mol. The van der Waals surface area contributed by atoms with Crippen molar-refractivity contribution in [3.63, 3.8) is 0 Å². The largest absolute Gasteiger partial charge is 0.449 e. The highest BCUT2D eigenvalue weighted by Crippen LogP contribution is 2.58. The van der Waals surface area contributed by atoms with Crippen molar-refractivity contribution < 1.29 is 19.1 Å². The molecule has 0 bridgehead atoms. The fourth-order valence-electron chi connectivity index (χ4n) is 4.84. The molecule has 1 spiro atoms. The van der Waals surface area contributed by atoms with E-state index in [1.807, 2.05) is 49.4 Å². The predicted octanol–water partition coefficient (Wildman–Crippen LogP) is 3.39. The molecule has 3 amide bonds. The third-order valence-electron chi connectivity index (χ3n) is 6.03. The van der Waals surface area contributed by atoms with Gasteiger partial charge >= 0.3 is 6.09 Å². The van der Waals surface area contributed by atoms with Gasteiger partial charge in [0.1, 0.15) is 0 Å². The number of hydrogen-bond acceptors (Lipinski definition) is 4. The second-order valence-electron chi connectivity index (χ2n) is 7.60. The van der Waals surface area contributed by atoms with Crippen LogP contribution in [-0.2, 0) is 14.3 Å². The Balaban J connectivity index is 1.86. The highest BCUT2D eigenvalue weighted by atomic mass is 16.6. The van der Waals surface area contributed by atoms with Crippen molar-refractivity contribution in [3.05, 3.63) is 59.3 Å². The number of carbonyl (C=O) groups excluding carboxylic acids is 3. The van der Waals surface area contributed by atoms with Gasteiger partial charge in [0.2, 0.25) is 11.8 Å². The number of benzene rings is 1. The number of carbonyl (C=O) groups is 3. The molecule has 2 saturated heterocycles. The third-order valence-corrected chi connectivity index (χ3v) is 6.03. The third kappa shape index (κ3) is 2.66. The zero-order valence-electron chi connectivity index (χ0n) is 16.1. The quantitative estimate of drug-likeness (QED) is 0.853. The van der Waals surface area contributed by atoms with Crippen LogP contribution in [0.4, 0.5) is 4.79 Å². The lowest BCUT2D eigenvalue weighted by Gasteiger charge is -2.43. The van der Waals surface area contributed by atoms with Crippen molar-refractivity contribution in [2.75, 3.05) is 6.61 Å². The van der Waals surface area contributed by atoms with Crippen molar-refractivity contribution in [3.8, 4) is 0 Å². The minimum Gasteiger partial charge on any atom is -0.449 e. The average Bonchev–Trinajstić information content (AvgIpc) is 2.93. The van der Waals surface area contributed by atoms with Crippen LogP contribution >= 0.6 is 0 Å². The number of rotatable bonds is 2. The molecule has 4 rings (SSSR count). The number of allylic oxidation sites excluding steroid dienone is 4. The molecule has 0 aromatic heterocycles. The van der Waals surface area contributed by atoms with Gasteiger partial charge < -0.3 is 10.1 Å². The molecule has 0 radical (unpaired) electrons. The summed E-state index contributed by atoms with van der Waals surface area (Å²) in [5, 5.41) is 3.06. The van der Waals surface area contributed by atoms with Crippen molar-refractivity contribution in [1.29, 1.82) is 0 Å². The molecule has 1 N–H and O–H groups in total. The number of fused-ring (bicyclic) bond motifs is 2. The topological polar surface area (TPSA) is 75.7 Å². The first-order valence-electron chi connectivity index (χ1n) is 9.73.